The molecule has 1 heterocycles. The Morgan fingerprint density at radius 2 is 2.12 bits per heavy atom. The molecule has 0 aliphatic heterocycles. The molecule has 0 saturated heterocycles. The highest BCUT2D eigenvalue weighted by Gasteiger charge is 2.08. The van der Waals surface area contributed by atoms with Crippen LogP contribution in [0.15, 0.2) is 18.2 Å². The molecule has 0 saturated carbocycles. The lowest BCUT2D eigenvalue weighted by atomic mass is 10.1. The minimum atomic E-state index is 0.537. The predicted molar refractivity (Wildman–Crippen MR) is 68.4 cm³/mol. The van der Waals surface area contributed by atoms with Crippen LogP contribution in [-0.2, 0) is 12.8 Å². The van der Waals surface area contributed by atoms with Crippen molar-refractivity contribution < 1.29 is 0 Å². The van der Waals surface area contributed by atoms with Crippen LogP contribution in [0.2, 0.25) is 10.0 Å². The van der Waals surface area contributed by atoms with Crippen molar-refractivity contribution in [1.29, 1.82) is 0 Å². The summed E-state index contributed by atoms with van der Waals surface area (Å²) in [7, 11) is 0. The molecule has 0 amide bonds. The van der Waals surface area contributed by atoms with Gasteiger partial charge in [0.1, 0.15) is 5.82 Å². The number of nitrogens with one attached hydrogen (secondary N) is 1. The molecular weight excluding hydrogens is 259 g/mol. The number of halogens is 2. The average molecular weight is 271 g/mol. The van der Waals surface area contributed by atoms with Crippen molar-refractivity contribution in [3.8, 4) is 0 Å². The molecule has 0 bridgehead atoms. The number of nitrogens with two attached hydrogens (primary N) is 1. The Morgan fingerprint density at radius 1 is 1.29 bits per heavy atom. The summed E-state index contributed by atoms with van der Waals surface area (Å²) in [6, 6.07) is 5.54. The van der Waals surface area contributed by atoms with Gasteiger partial charge in [0, 0.05) is 12.8 Å². The van der Waals surface area contributed by atoms with E-state index in [0.29, 0.717) is 29.4 Å². The summed E-state index contributed by atoms with van der Waals surface area (Å²) in [4.78, 5) is 4.32. The van der Waals surface area contributed by atoms with Gasteiger partial charge in [-0.3, -0.25) is 5.10 Å². The third-order valence-corrected chi connectivity index (χ3v) is 3.19. The molecule has 2 rings (SSSR count). The van der Waals surface area contributed by atoms with Crippen LogP contribution >= 0.6 is 23.2 Å². The van der Waals surface area contributed by atoms with E-state index in [1.54, 1.807) is 6.07 Å². The van der Waals surface area contributed by atoms with Gasteiger partial charge in [0.05, 0.1) is 10.0 Å². The average Bonchev–Trinajstić information content (AvgIpc) is 2.73. The maximum absolute atomic E-state index is 6.10. The van der Waals surface area contributed by atoms with Gasteiger partial charge in [-0.05, 0) is 18.2 Å². The van der Waals surface area contributed by atoms with E-state index in [2.05, 4.69) is 15.2 Å². The summed E-state index contributed by atoms with van der Waals surface area (Å²) in [5.41, 5.74) is 6.36. The smallest absolute Gasteiger partial charge is 0.151 e. The second-order valence-electron chi connectivity index (χ2n) is 3.63. The van der Waals surface area contributed by atoms with E-state index < -0.39 is 0 Å². The number of hydrogen-bond donors (Lipinski definition) is 2. The first-order valence-corrected chi connectivity index (χ1v) is 5.99. The molecule has 0 aliphatic carbocycles. The van der Waals surface area contributed by atoms with E-state index >= 15 is 0 Å². The quantitative estimate of drug-likeness (QED) is 0.895. The zero-order valence-electron chi connectivity index (χ0n) is 9.08. The Balaban J connectivity index is 2.16. The molecule has 1 aromatic heterocycles. The third-order valence-electron chi connectivity index (χ3n) is 2.34. The number of benzene rings is 1. The van der Waals surface area contributed by atoms with E-state index in [-0.39, 0.29) is 0 Å². The van der Waals surface area contributed by atoms with Gasteiger partial charge in [0.15, 0.2) is 5.82 Å². The second-order valence-corrected chi connectivity index (χ2v) is 4.41. The summed E-state index contributed by atoms with van der Waals surface area (Å²) < 4.78 is 0. The summed E-state index contributed by atoms with van der Waals surface area (Å²) in [6.45, 7) is 0.537. The predicted octanol–water partition coefficient (Wildman–Crippen LogP) is 2.20. The number of aromatic amines is 1. The molecule has 0 atom stereocenters. The molecule has 0 fully saturated rings. The fraction of sp³-hybridized carbons (Fsp3) is 0.273. The normalized spacial score (nSPS) is 10.8. The van der Waals surface area contributed by atoms with Gasteiger partial charge in [-0.1, -0.05) is 35.3 Å². The number of rotatable bonds is 4. The first kappa shape index (κ1) is 12.4. The van der Waals surface area contributed by atoms with Crippen LogP contribution in [-0.4, -0.2) is 21.7 Å². The van der Waals surface area contributed by atoms with Crippen LogP contribution in [0.5, 0.6) is 0 Å². The lowest BCUT2D eigenvalue weighted by Gasteiger charge is -2.02. The van der Waals surface area contributed by atoms with Gasteiger partial charge in [0.2, 0.25) is 0 Å². The summed E-state index contributed by atoms with van der Waals surface area (Å²) in [6.07, 6.45) is 1.25. The Morgan fingerprint density at radius 3 is 2.88 bits per heavy atom. The first-order valence-electron chi connectivity index (χ1n) is 5.24. The molecule has 0 aliphatic rings. The van der Waals surface area contributed by atoms with Crippen molar-refractivity contribution in [2.45, 2.75) is 12.8 Å². The second kappa shape index (κ2) is 5.49. The van der Waals surface area contributed by atoms with Gasteiger partial charge in [-0.15, -0.1) is 0 Å². The van der Waals surface area contributed by atoms with E-state index in [9.17, 15) is 0 Å². The fourth-order valence-corrected chi connectivity index (χ4v) is 1.91. The van der Waals surface area contributed by atoms with Crippen molar-refractivity contribution in [2.24, 2.45) is 5.73 Å². The van der Waals surface area contributed by atoms with Crippen molar-refractivity contribution in [3.63, 3.8) is 0 Å². The molecule has 2 aromatic rings. The van der Waals surface area contributed by atoms with Crippen LogP contribution in [0.25, 0.3) is 0 Å². The van der Waals surface area contributed by atoms with Crippen LogP contribution < -0.4 is 5.73 Å². The van der Waals surface area contributed by atoms with Crippen LogP contribution in [0.4, 0.5) is 0 Å². The van der Waals surface area contributed by atoms with E-state index in [4.69, 9.17) is 28.9 Å². The number of H-pyrrole nitrogens is 1. The van der Waals surface area contributed by atoms with Crippen molar-refractivity contribution in [3.05, 3.63) is 45.5 Å². The highest BCUT2D eigenvalue weighted by molar-refractivity contribution is 6.42. The van der Waals surface area contributed by atoms with Crippen molar-refractivity contribution in [2.75, 3.05) is 6.54 Å². The number of nitrogens with zero attached hydrogens (tertiary/aromatic N) is 2. The third kappa shape index (κ3) is 2.97. The fourth-order valence-electron chi connectivity index (χ4n) is 1.52. The van der Waals surface area contributed by atoms with Gasteiger partial charge in [-0.2, -0.15) is 5.10 Å². The molecule has 1 aromatic carbocycles. The summed E-state index contributed by atoms with van der Waals surface area (Å²) >= 11 is 12.0. The van der Waals surface area contributed by atoms with Gasteiger partial charge >= 0.3 is 0 Å². The van der Waals surface area contributed by atoms with Gasteiger partial charge in [0.25, 0.3) is 0 Å². The highest BCUT2D eigenvalue weighted by Crippen LogP contribution is 2.26. The topological polar surface area (TPSA) is 67.6 Å². The summed E-state index contributed by atoms with van der Waals surface area (Å²) in [5, 5.41) is 8.04. The SMILES string of the molecule is NCCc1n[nH]c(Cc2cccc(Cl)c2Cl)n1. The largest absolute Gasteiger partial charge is 0.330 e. The van der Waals surface area contributed by atoms with Crippen LogP contribution in [0.3, 0.4) is 0 Å². The molecule has 17 heavy (non-hydrogen) atoms. The van der Waals surface area contributed by atoms with Crippen LogP contribution in [0, 0.1) is 0 Å². The molecule has 3 N–H and O–H groups in total. The van der Waals surface area contributed by atoms with Crippen LogP contribution in [0.1, 0.15) is 17.2 Å². The van der Waals surface area contributed by atoms with Gasteiger partial charge in [-0.25, -0.2) is 4.98 Å². The van der Waals surface area contributed by atoms with E-state index in [1.165, 1.54) is 0 Å². The Bertz CT molecular complexity index is 510. The molecule has 6 heteroatoms. The minimum Gasteiger partial charge on any atom is -0.330 e. The number of aromatic nitrogens is 3. The van der Waals surface area contributed by atoms with E-state index in [0.717, 1.165) is 17.2 Å². The zero-order valence-corrected chi connectivity index (χ0v) is 10.6. The molecule has 0 unspecified atom stereocenters. The Hall–Kier alpha value is -1.10. The lowest BCUT2D eigenvalue weighted by molar-refractivity contribution is 0.874. The number of hydrogen-bond acceptors (Lipinski definition) is 3. The maximum atomic E-state index is 6.10. The molecule has 4 nitrogen and oxygen atoms in total. The molecule has 0 radical (unpaired) electrons. The summed E-state index contributed by atoms with van der Waals surface area (Å²) in [5.74, 6) is 1.48. The standard InChI is InChI=1S/C11H12Cl2N4/c12-8-3-1-2-7(11(8)13)6-10-15-9(4-5-14)16-17-10/h1-3H,4-6,14H2,(H,15,16,17). The zero-order chi connectivity index (χ0) is 12.3. The Kier molecular flexibility index (Phi) is 3.99. The van der Waals surface area contributed by atoms with Gasteiger partial charge < -0.3 is 5.73 Å². The highest BCUT2D eigenvalue weighted by atomic mass is 35.5. The Labute approximate surface area is 109 Å². The molecule has 90 valence electrons. The minimum absolute atomic E-state index is 0.537. The van der Waals surface area contributed by atoms with E-state index in [1.807, 2.05) is 12.1 Å². The first-order chi connectivity index (χ1) is 8.20. The molecule has 0 spiro atoms. The van der Waals surface area contributed by atoms with Crippen molar-refractivity contribution >= 4 is 23.2 Å². The lowest BCUT2D eigenvalue weighted by Crippen LogP contribution is -2.04. The van der Waals surface area contributed by atoms with Crippen molar-refractivity contribution in [1.82, 2.24) is 15.2 Å². The molecular formula is C11H12Cl2N4. The monoisotopic (exact) mass is 270 g/mol. The maximum Gasteiger partial charge on any atom is 0.151 e.